The van der Waals surface area contributed by atoms with Gasteiger partial charge in [-0.05, 0) is 42.9 Å². The van der Waals surface area contributed by atoms with Gasteiger partial charge in [-0.1, -0.05) is 26.0 Å². The molecule has 1 aromatic rings. The summed E-state index contributed by atoms with van der Waals surface area (Å²) in [6.07, 6.45) is 1.71. The maximum atomic E-state index is 11.3. The minimum Gasteiger partial charge on any atom is -0.480 e. The van der Waals surface area contributed by atoms with E-state index >= 15 is 0 Å². The first kappa shape index (κ1) is 12.9. The third-order valence-electron chi connectivity index (χ3n) is 3.66. The first-order chi connectivity index (χ1) is 8.50. The fourth-order valence-corrected chi connectivity index (χ4v) is 2.70. The van der Waals surface area contributed by atoms with Crippen molar-refractivity contribution in [1.82, 2.24) is 0 Å². The van der Waals surface area contributed by atoms with Gasteiger partial charge in [-0.2, -0.15) is 0 Å². The van der Waals surface area contributed by atoms with Gasteiger partial charge in [-0.15, -0.1) is 0 Å². The molecule has 1 aliphatic rings. The van der Waals surface area contributed by atoms with Gasteiger partial charge in [0.2, 0.25) is 0 Å². The molecule has 0 saturated carbocycles. The molecule has 0 aliphatic carbocycles. The van der Waals surface area contributed by atoms with E-state index in [9.17, 15) is 9.90 Å². The first-order valence-electron chi connectivity index (χ1n) is 6.60. The normalized spacial score (nSPS) is 19.6. The minimum absolute atomic E-state index is 0.357. The Morgan fingerprint density at radius 1 is 1.44 bits per heavy atom. The van der Waals surface area contributed by atoms with E-state index in [1.807, 2.05) is 0 Å². The van der Waals surface area contributed by atoms with Gasteiger partial charge >= 0.3 is 5.97 Å². The van der Waals surface area contributed by atoms with E-state index in [0.29, 0.717) is 5.92 Å². The van der Waals surface area contributed by atoms with Crippen LogP contribution >= 0.6 is 0 Å². The number of aliphatic carboxylic acids is 1. The monoisotopic (exact) mass is 247 g/mol. The van der Waals surface area contributed by atoms with Crippen LogP contribution in [0, 0.1) is 6.92 Å². The highest BCUT2D eigenvalue weighted by atomic mass is 16.4. The molecule has 3 heteroatoms. The molecule has 1 aliphatic heterocycles. The molecule has 1 fully saturated rings. The van der Waals surface area contributed by atoms with Crippen LogP contribution in [-0.2, 0) is 4.79 Å². The predicted molar refractivity (Wildman–Crippen MR) is 73.3 cm³/mol. The summed E-state index contributed by atoms with van der Waals surface area (Å²) in [7, 11) is 0. The predicted octanol–water partition coefficient (Wildman–Crippen LogP) is 3.17. The second-order valence-corrected chi connectivity index (χ2v) is 5.41. The number of carbonyl (C=O) groups is 1. The third kappa shape index (κ3) is 2.35. The fraction of sp³-hybridized carbons (Fsp3) is 0.533. The molecule has 3 nitrogen and oxygen atoms in total. The molecule has 1 N–H and O–H groups in total. The molecule has 1 atom stereocenters. The summed E-state index contributed by atoms with van der Waals surface area (Å²) in [5, 5.41) is 9.30. The summed E-state index contributed by atoms with van der Waals surface area (Å²) in [4.78, 5) is 13.4. The van der Waals surface area contributed by atoms with Crippen molar-refractivity contribution in [3.05, 3.63) is 29.3 Å². The zero-order chi connectivity index (χ0) is 13.3. The van der Waals surface area contributed by atoms with Crippen molar-refractivity contribution in [2.24, 2.45) is 0 Å². The van der Waals surface area contributed by atoms with Crippen LogP contribution in [0.15, 0.2) is 18.2 Å². The summed E-state index contributed by atoms with van der Waals surface area (Å²) < 4.78 is 0. The maximum absolute atomic E-state index is 11.3. The van der Waals surface area contributed by atoms with Crippen LogP contribution in [-0.4, -0.2) is 23.7 Å². The van der Waals surface area contributed by atoms with Gasteiger partial charge in [0.1, 0.15) is 6.04 Å². The summed E-state index contributed by atoms with van der Waals surface area (Å²) in [6.45, 7) is 7.21. The van der Waals surface area contributed by atoms with Gasteiger partial charge in [0.25, 0.3) is 0 Å². The summed E-state index contributed by atoms with van der Waals surface area (Å²) in [5.41, 5.74) is 3.54. The number of rotatable bonds is 3. The molecule has 1 aromatic carbocycles. The molecule has 1 saturated heterocycles. The van der Waals surface area contributed by atoms with Crippen LogP contribution in [0.4, 0.5) is 5.69 Å². The van der Waals surface area contributed by atoms with Crippen LogP contribution in [0.1, 0.15) is 43.7 Å². The van der Waals surface area contributed by atoms with Crippen LogP contribution < -0.4 is 4.90 Å². The molecule has 0 aromatic heterocycles. The molecule has 0 unspecified atom stereocenters. The number of hydrogen-bond donors (Lipinski definition) is 1. The van der Waals surface area contributed by atoms with E-state index in [2.05, 4.69) is 43.9 Å². The Morgan fingerprint density at radius 3 is 2.78 bits per heavy atom. The van der Waals surface area contributed by atoms with Gasteiger partial charge in [-0.25, -0.2) is 4.79 Å². The van der Waals surface area contributed by atoms with Crippen LogP contribution in [0.2, 0.25) is 0 Å². The number of anilines is 1. The second kappa shape index (κ2) is 5.01. The zero-order valence-electron chi connectivity index (χ0n) is 11.3. The Balaban J connectivity index is 2.42. The number of carboxylic acid groups (broad SMARTS) is 1. The highest BCUT2D eigenvalue weighted by molar-refractivity contribution is 5.79. The SMILES string of the molecule is Cc1ccc(C(C)C)c(N2CCC[C@H]2C(=O)O)c1. The van der Waals surface area contributed by atoms with Crippen molar-refractivity contribution >= 4 is 11.7 Å². The van der Waals surface area contributed by atoms with E-state index in [-0.39, 0.29) is 6.04 Å². The Morgan fingerprint density at radius 2 is 2.17 bits per heavy atom. The molecule has 2 rings (SSSR count). The molecule has 0 bridgehead atoms. The Kier molecular flexibility index (Phi) is 3.60. The number of nitrogens with zero attached hydrogens (tertiary/aromatic N) is 1. The van der Waals surface area contributed by atoms with Gasteiger partial charge in [0.05, 0.1) is 0 Å². The van der Waals surface area contributed by atoms with E-state index in [0.717, 1.165) is 25.1 Å². The van der Waals surface area contributed by atoms with Crippen LogP contribution in [0.25, 0.3) is 0 Å². The van der Waals surface area contributed by atoms with Crippen molar-refractivity contribution in [3.63, 3.8) is 0 Å². The highest BCUT2D eigenvalue weighted by Crippen LogP contribution is 2.33. The van der Waals surface area contributed by atoms with E-state index in [1.54, 1.807) is 0 Å². The quantitative estimate of drug-likeness (QED) is 0.891. The molecule has 18 heavy (non-hydrogen) atoms. The van der Waals surface area contributed by atoms with Crippen molar-refractivity contribution in [1.29, 1.82) is 0 Å². The third-order valence-corrected chi connectivity index (χ3v) is 3.66. The highest BCUT2D eigenvalue weighted by Gasteiger charge is 2.32. The van der Waals surface area contributed by atoms with Gasteiger partial charge in [0, 0.05) is 12.2 Å². The lowest BCUT2D eigenvalue weighted by Gasteiger charge is -2.28. The molecule has 1 heterocycles. The minimum atomic E-state index is -0.705. The summed E-state index contributed by atoms with van der Waals surface area (Å²) >= 11 is 0. The largest absolute Gasteiger partial charge is 0.480 e. The Bertz CT molecular complexity index is 454. The number of benzene rings is 1. The Hall–Kier alpha value is -1.51. The van der Waals surface area contributed by atoms with Crippen LogP contribution in [0.3, 0.4) is 0 Å². The Labute approximate surface area is 108 Å². The van der Waals surface area contributed by atoms with Gasteiger partial charge in [0.15, 0.2) is 0 Å². The lowest BCUT2D eigenvalue weighted by atomic mass is 9.98. The smallest absolute Gasteiger partial charge is 0.326 e. The number of carboxylic acids is 1. The molecular weight excluding hydrogens is 226 g/mol. The molecule has 98 valence electrons. The molecule has 0 amide bonds. The lowest BCUT2D eigenvalue weighted by Crippen LogP contribution is -2.36. The average molecular weight is 247 g/mol. The number of hydrogen-bond acceptors (Lipinski definition) is 2. The van der Waals surface area contributed by atoms with E-state index in [1.165, 1.54) is 11.1 Å². The summed E-state index contributed by atoms with van der Waals surface area (Å²) in [5.74, 6) is -0.292. The standard InChI is InChI=1S/C15H21NO2/c1-10(2)12-7-6-11(3)9-14(12)16-8-4-5-13(16)15(17)18/h6-7,9-10,13H,4-5,8H2,1-3H3,(H,17,18)/t13-/m0/s1. The van der Waals surface area contributed by atoms with E-state index in [4.69, 9.17) is 0 Å². The van der Waals surface area contributed by atoms with Crippen molar-refractivity contribution in [3.8, 4) is 0 Å². The molecular formula is C15H21NO2. The second-order valence-electron chi connectivity index (χ2n) is 5.41. The number of aryl methyl sites for hydroxylation is 1. The van der Waals surface area contributed by atoms with E-state index < -0.39 is 5.97 Å². The maximum Gasteiger partial charge on any atom is 0.326 e. The van der Waals surface area contributed by atoms with Crippen molar-refractivity contribution in [2.45, 2.75) is 45.6 Å². The topological polar surface area (TPSA) is 40.5 Å². The fourth-order valence-electron chi connectivity index (χ4n) is 2.70. The van der Waals surface area contributed by atoms with Crippen LogP contribution in [0.5, 0.6) is 0 Å². The molecule has 0 radical (unpaired) electrons. The van der Waals surface area contributed by atoms with Crippen molar-refractivity contribution in [2.75, 3.05) is 11.4 Å². The first-order valence-corrected chi connectivity index (χ1v) is 6.60. The average Bonchev–Trinajstić information content (AvgIpc) is 2.77. The van der Waals surface area contributed by atoms with Gasteiger partial charge < -0.3 is 10.0 Å². The van der Waals surface area contributed by atoms with Gasteiger partial charge in [-0.3, -0.25) is 0 Å². The van der Waals surface area contributed by atoms with Crippen molar-refractivity contribution < 1.29 is 9.90 Å². The molecule has 0 spiro atoms. The zero-order valence-corrected chi connectivity index (χ0v) is 11.3. The lowest BCUT2D eigenvalue weighted by molar-refractivity contribution is -0.138. The summed E-state index contributed by atoms with van der Waals surface area (Å²) in [6, 6.07) is 6.00.